The first-order valence-corrected chi connectivity index (χ1v) is 8.66. The number of carbonyl (C=O) groups is 2. The fourth-order valence-electron chi connectivity index (χ4n) is 2.90. The molecule has 120 valence electrons. The number of methoxy groups -OCH3 is 1. The van der Waals surface area contributed by atoms with E-state index in [4.69, 9.17) is 10.5 Å². The van der Waals surface area contributed by atoms with Gasteiger partial charge in [0.2, 0.25) is 0 Å². The summed E-state index contributed by atoms with van der Waals surface area (Å²) < 4.78 is 5.58. The van der Waals surface area contributed by atoms with Gasteiger partial charge in [0.15, 0.2) is 0 Å². The van der Waals surface area contributed by atoms with E-state index in [0.717, 1.165) is 16.0 Å². The van der Waals surface area contributed by atoms with Crippen molar-refractivity contribution in [1.82, 2.24) is 15.4 Å². The molecular formula is C13H17BrN4O3S. The van der Waals surface area contributed by atoms with Crippen molar-refractivity contribution < 1.29 is 14.3 Å². The Kier molecular flexibility index (Phi) is 4.23. The van der Waals surface area contributed by atoms with E-state index in [1.54, 1.807) is 0 Å². The minimum Gasteiger partial charge on any atom is -0.468 e. The molecule has 0 aromatic carbocycles. The second-order valence-corrected chi connectivity index (χ2v) is 7.38. The number of hydrogen-bond donors (Lipinski definition) is 2. The Balaban J connectivity index is 1.63. The monoisotopic (exact) mass is 388 g/mol. The van der Waals surface area contributed by atoms with E-state index in [1.807, 2.05) is 5.38 Å². The van der Waals surface area contributed by atoms with Gasteiger partial charge in [-0.15, -0.1) is 11.3 Å². The lowest BCUT2D eigenvalue weighted by Gasteiger charge is -2.33. The van der Waals surface area contributed by atoms with Crippen LogP contribution in [0.2, 0.25) is 0 Å². The van der Waals surface area contributed by atoms with Crippen molar-refractivity contribution in [3.05, 3.63) is 15.0 Å². The number of hydrazine groups is 1. The molecule has 22 heavy (non-hydrogen) atoms. The summed E-state index contributed by atoms with van der Waals surface area (Å²) in [6.45, 7) is 0.553. The zero-order chi connectivity index (χ0) is 15.9. The predicted octanol–water partition coefficient (Wildman–Crippen LogP) is 0.444. The first-order chi connectivity index (χ1) is 10.5. The lowest BCUT2D eigenvalue weighted by Crippen LogP contribution is -2.60. The first-order valence-electron chi connectivity index (χ1n) is 6.99. The van der Waals surface area contributed by atoms with Crippen LogP contribution in [0.25, 0.3) is 0 Å². The van der Waals surface area contributed by atoms with Gasteiger partial charge >= 0.3 is 5.97 Å². The van der Waals surface area contributed by atoms with E-state index in [0.29, 0.717) is 19.4 Å². The van der Waals surface area contributed by atoms with Crippen LogP contribution in [-0.2, 0) is 20.7 Å². The van der Waals surface area contributed by atoms with Gasteiger partial charge in [-0.3, -0.25) is 9.80 Å². The minimum atomic E-state index is -0.730. The van der Waals surface area contributed by atoms with Crippen LogP contribution in [-0.4, -0.2) is 47.1 Å². The van der Waals surface area contributed by atoms with Gasteiger partial charge in [0, 0.05) is 18.3 Å². The smallest absolute Gasteiger partial charge is 0.328 e. The molecular weight excluding hydrogens is 372 g/mol. The van der Waals surface area contributed by atoms with Crippen LogP contribution >= 0.6 is 27.3 Å². The number of nitrogens with two attached hydrogens (primary N) is 1. The Labute approximate surface area is 140 Å². The fourth-order valence-corrected chi connectivity index (χ4v) is 4.22. The standard InChI is InChI=1S/C13H17BrN4O3S/c1-21-12(20)13-5-7(13)2-3-18(17-13)11(19)8(15)4-10-16-9(14)6-22-10/h6-8,17H,2-5,15H2,1H3/t7?,8-,13?/m0/s1. The number of aromatic nitrogens is 1. The molecule has 9 heteroatoms. The van der Waals surface area contributed by atoms with Crippen LogP contribution in [0.3, 0.4) is 0 Å². The molecule has 2 fully saturated rings. The molecule has 1 saturated carbocycles. The summed E-state index contributed by atoms with van der Waals surface area (Å²) in [6.07, 6.45) is 1.86. The van der Waals surface area contributed by atoms with E-state index in [1.165, 1.54) is 23.5 Å². The van der Waals surface area contributed by atoms with Gasteiger partial charge in [-0.2, -0.15) is 0 Å². The summed E-state index contributed by atoms with van der Waals surface area (Å²) in [5.74, 6) is -0.289. The average Bonchev–Trinajstić information content (AvgIpc) is 3.13. The van der Waals surface area contributed by atoms with E-state index in [-0.39, 0.29) is 17.8 Å². The molecule has 7 nitrogen and oxygen atoms in total. The maximum atomic E-state index is 12.5. The number of amides is 1. The molecule has 1 aromatic heterocycles. The lowest BCUT2D eigenvalue weighted by molar-refractivity contribution is -0.151. The second kappa shape index (κ2) is 5.88. The molecule has 1 aliphatic carbocycles. The van der Waals surface area contributed by atoms with Crippen LogP contribution in [0.15, 0.2) is 9.98 Å². The summed E-state index contributed by atoms with van der Waals surface area (Å²) in [7, 11) is 1.36. The summed E-state index contributed by atoms with van der Waals surface area (Å²) >= 11 is 4.73. The SMILES string of the molecule is COC(=O)C12CC1CCN(C(=O)[C@@H](N)Cc1nc(Br)cs1)N2. The van der Waals surface area contributed by atoms with Gasteiger partial charge < -0.3 is 10.5 Å². The molecule has 0 spiro atoms. The number of esters is 1. The first kappa shape index (κ1) is 15.9. The van der Waals surface area contributed by atoms with Crippen molar-refractivity contribution in [2.75, 3.05) is 13.7 Å². The van der Waals surface area contributed by atoms with Crippen molar-refractivity contribution in [2.45, 2.75) is 30.8 Å². The van der Waals surface area contributed by atoms with E-state index in [9.17, 15) is 9.59 Å². The zero-order valence-corrected chi connectivity index (χ0v) is 14.4. The molecule has 1 amide bonds. The highest BCUT2D eigenvalue weighted by molar-refractivity contribution is 9.10. The molecule has 0 radical (unpaired) electrons. The average molecular weight is 389 g/mol. The number of nitrogens with zero attached hydrogens (tertiary/aromatic N) is 2. The van der Waals surface area contributed by atoms with Gasteiger partial charge in [-0.25, -0.2) is 15.2 Å². The fraction of sp³-hybridized carbons (Fsp3) is 0.615. The third-order valence-electron chi connectivity index (χ3n) is 4.19. The van der Waals surface area contributed by atoms with E-state index in [2.05, 4.69) is 26.3 Å². The largest absolute Gasteiger partial charge is 0.468 e. The molecule has 1 saturated heterocycles. The maximum absolute atomic E-state index is 12.5. The molecule has 2 aliphatic rings. The highest BCUT2D eigenvalue weighted by Gasteiger charge is 2.64. The van der Waals surface area contributed by atoms with Gasteiger partial charge in [0.05, 0.1) is 18.2 Å². The number of fused-ring (bicyclic) bond motifs is 1. The molecule has 1 aliphatic heterocycles. The van der Waals surface area contributed by atoms with Crippen LogP contribution in [0, 0.1) is 5.92 Å². The molecule has 3 N–H and O–H groups in total. The summed E-state index contributed by atoms with van der Waals surface area (Å²) in [6, 6.07) is -0.685. The molecule has 2 unspecified atom stereocenters. The summed E-state index contributed by atoms with van der Waals surface area (Å²) in [5, 5.41) is 4.12. The van der Waals surface area contributed by atoms with Crippen LogP contribution in [0.1, 0.15) is 17.8 Å². The Hall–Kier alpha value is -1.03. The Bertz CT molecular complexity index is 610. The van der Waals surface area contributed by atoms with Crippen molar-refractivity contribution in [1.29, 1.82) is 0 Å². The second-order valence-electron chi connectivity index (χ2n) is 5.63. The minimum absolute atomic E-state index is 0.222. The van der Waals surface area contributed by atoms with Crippen molar-refractivity contribution in [3.63, 3.8) is 0 Å². The quantitative estimate of drug-likeness (QED) is 0.726. The predicted molar refractivity (Wildman–Crippen MR) is 83.8 cm³/mol. The van der Waals surface area contributed by atoms with Gasteiger partial charge in [0.25, 0.3) is 5.91 Å². The van der Waals surface area contributed by atoms with E-state index >= 15 is 0 Å². The van der Waals surface area contributed by atoms with Crippen molar-refractivity contribution in [2.24, 2.45) is 11.7 Å². The highest BCUT2D eigenvalue weighted by atomic mass is 79.9. The highest BCUT2D eigenvalue weighted by Crippen LogP contribution is 2.49. The molecule has 1 aromatic rings. The number of rotatable bonds is 4. The van der Waals surface area contributed by atoms with Crippen molar-refractivity contribution >= 4 is 39.1 Å². The van der Waals surface area contributed by atoms with Gasteiger partial charge in [-0.1, -0.05) is 0 Å². The Morgan fingerprint density at radius 1 is 1.73 bits per heavy atom. The normalized spacial score (nSPS) is 28.0. The van der Waals surface area contributed by atoms with E-state index < -0.39 is 11.6 Å². The molecule has 3 atom stereocenters. The van der Waals surface area contributed by atoms with Crippen LogP contribution in [0.5, 0.6) is 0 Å². The summed E-state index contributed by atoms with van der Waals surface area (Å²) in [4.78, 5) is 28.6. The third kappa shape index (κ3) is 2.78. The Morgan fingerprint density at radius 2 is 2.50 bits per heavy atom. The van der Waals surface area contributed by atoms with Gasteiger partial charge in [0.1, 0.15) is 10.1 Å². The number of thiazole rings is 1. The number of hydrogen-bond acceptors (Lipinski definition) is 7. The summed E-state index contributed by atoms with van der Waals surface area (Å²) in [5.41, 5.74) is 8.30. The van der Waals surface area contributed by atoms with Crippen LogP contribution in [0.4, 0.5) is 0 Å². The zero-order valence-electron chi connectivity index (χ0n) is 12.0. The number of ether oxygens (including phenoxy) is 1. The third-order valence-corrected chi connectivity index (χ3v) is 5.77. The van der Waals surface area contributed by atoms with Gasteiger partial charge in [-0.05, 0) is 34.7 Å². The molecule has 2 heterocycles. The topological polar surface area (TPSA) is 97.5 Å². The van der Waals surface area contributed by atoms with Crippen LogP contribution < -0.4 is 11.2 Å². The maximum Gasteiger partial charge on any atom is 0.328 e. The number of carbonyl (C=O) groups excluding carboxylic acids is 2. The number of halogens is 1. The molecule has 0 bridgehead atoms. The lowest BCUT2D eigenvalue weighted by atomic mass is 10.1. The Morgan fingerprint density at radius 3 is 3.14 bits per heavy atom. The number of nitrogens with one attached hydrogen (secondary N) is 1. The molecule has 3 rings (SSSR count). The van der Waals surface area contributed by atoms with Crippen molar-refractivity contribution in [3.8, 4) is 0 Å².